The molecule has 3 atom stereocenters. The Morgan fingerprint density at radius 2 is 1.82 bits per heavy atom. The summed E-state index contributed by atoms with van der Waals surface area (Å²) in [5, 5.41) is 10.2. The van der Waals surface area contributed by atoms with Gasteiger partial charge in [-0.05, 0) is 88.2 Å². The van der Waals surface area contributed by atoms with Gasteiger partial charge in [-0.1, -0.05) is 49.1 Å². The maximum Gasteiger partial charge on any atom is 0.320 e. The van der Waals surface area contributed by atoms with Crippen LogP contribution < -0.4 is 0 Å². The van der Waals surface area contributed by atoms with Crippen molar-refractivity contribution in [3.8, 4) is 0 Å². The van der Waals surface area contributed by atoms with Crippen molar-refractivity contribution in [3.05, 3.63) is 70.7 Å². The monoisotopic (exact) mass is 528 g/mol. The third kappa shape index (κ3) is 5.51. The first-order valence-electron chi connectivity index (χ1n) is 15.1. The highest BCUT2D eigenvalue weighted by Gasteiger charge is 2.41. The van der Waals surface area contributed by atoms with Gasteiger partial charge in [-0.25, -0.2) is 4.98 Å². The zero-order chi connectivity index (χ0) is 27.1. The number of carboxylic acids is 1. The first-order valence-corrected chi connectivity index (χ1v) is 15.1. The lowest BCUT2D eigenvalue weighted by Crippen LogP contribution is -2.43. The normalized spacial score (nSPS) is 24.3. The van der Waals surface area contributed by atoms with Crippen LogP contribution in [0.3, 0.4) is 0 Å². The predicted octanol–water partition coefficient (Wildman–Crippen LogP) is 5.80. The summed E-state index contributed by atoms with van der Waals surface area (Å²) in [5.74, 6) is 1.32. The smallest absolute Gasteiger partial charge is 0.320 e. The Morgan fingerprint density at radius 1 is 1.03 bits per heavy atom. The summed E-state index contributed by atoms with van der Waals surface area (Å²) in [7, 11) is 0. The molecule has 0 spiro atoms. The van der Waals surface area contributed by atoms with Gasteiger partial charge in [-0.15, -0.1) is 0 Å². The zero-order valence-corrected chi connectivity index (χ0v) is 23.9. The van der Waals surface area contributed by atoms with E-state index in [4.69, 9.17) is 4.98 Å². The second kappa shape index (κ2) is 11.1. The van der Waals surface area contributed by atoms with Crippen molar-refractivity contribution in [2.24, 2.45) is 11.8 Å². The van der Waals surface area contributed by atoms with Crippen LogP contribution in [-0.4, -0.2) is 69.0 Å². The molecular weight excluding hydrogens is 484 g/mol. The van der Waals surface area contributed by atoms with Crippen LogP contribution >= 0.6 is 0 Å². The molecule has 3 aromatic rings. The molecule has 4 heterocycles. The van der Waals surface area contributed by atoms with E-state index in [0.717, 1.165) is 57.6 Å². The molecule has 2 saturated heterocycles. The van der Waals surface area contributed by atoms with E-state index >= 15 is 0 Å². The number of hydrogen-bond acceptors (Lipinski definition) is 4. The molecule has 39 heavy (non-hydrogen) atoms. The fourth-order valence-electron chi connectivity index (χ4n) is 7.61. The number of benzene rings is 1. The highest BCUT2D eigenvalue weighted by molar-refractivity contribution is 5.73. The van der Waals surface area contributed by atoms with Gasteiger partial charge in [0.2, 0.25) is 0 Å². The number of hydrogen-bond donors (Lipinski definition) is 1. The third-order valence-corrected chi connectivity index (χ3v) is 9.91. The minimum Gasteiger partial charge on any atom is -0.480 e. The largest absolute Gasteiger partial charge is 0.480 e. The number of aromatic nitrogens is 2. The van der Waals surface area contributed by atoms with E-state index < -0.39 is 5.97 Å². The number of nitrogens with zero attached hydrogens (tertiary/aromatic N) is 4. The van der Waals surface area contributed by atoms with Crippen molar-refractivity contribution in [2.75, 3.05) is 32.7 Å². The van der Waals surface area contributed by atoms with Crippen molar-refractivity contribution in [3.63, 3.8) is 0 Å². The molecule has 2 aromatic heterocycles. The zero-order valence-electron chi connectivity index (χ0n) is 23.9. The van der Waals surface area contributed by atoms with Gasteiger partial charge in [0.15, 0.2) is 0 Å². The Morgan fingerprint density at radius 3 is 2.51 bits per heavy atom. The highest BCUT2D eigenvalue weighted by Crippen LogP contribution is 2.39. The average molecular weight is 529 g/mol. The molecule has 1 aliphatic carbocycles. The molecule has 3 aliphatic rings. The number of carboxylic acid groups (broad SMARTS) is 1. The molecule has 3 unspecified atom stereocenters. The Balaban J connectivity index is 1.16. The third-order valence-electron chi connectivity index (χ3n) is 9.91. The van der Waals surface area contributed by atoms with E-state index in [2.05, 4.69) is 77.6 Å². The second-order valence-electron chi connectivity index (χ2n) is 12.7. The number of piperidine rings is 1. The SMILES string of the molecule is Cc1cccc(C2CN(C(CC3CCC3)C(=O)O)CC2CN2CCC(c3cnc4cc(C)cc(C)n34)CC2)c1. The Bertz CT molecular complexity index is 1320. The van der Waals surface area contributed by atoms with Crippen molar-refractivity contribution in [1.29, 1.82) is 0 Å². The quantitative estimate of drug-likeness (QED) is 0.401. The summed E-state index contributed by atoms with van der Waals surface area (Å²) < 4.78 is 2.35. The molecule has 208 valence electrons. The fraction of sp³-hybridized carbons (Fsp3) is 0.576. The highest BCUT2D eigenvalue weighted by atomic mass is 16.4. The second-order valence-corrected chi connectivity index (χ2v) is 12.7. The minimum absolute atomic E-state index is 0.347. The van der Waals surface area contributed by atoms with Crippen LogP contribution in [0.15, 0.2) is 42.6 Å². The lowest BCUT2D eigenvalue weighted by atomic mass is 9.80. The molecule has 3 fully saturated rings. The summed E-state index contributed by atoms with van der Waals surface area (Å²) in [4.78, 5) is 22.1. The van der Waals surface area contributed by atoms with Crippen LogP contribution in [0.4, 0.5) is 0 Å². The van der Waals surface area contributed by atoms with E-state index in [9.17, 15) is 9.90 Å². The van der Waals surface area contributed by atoms with Gasteiger partial charge in [0.1, 0.15) is 11.7 Å². The standard InChI is InChI=1S/C33H44N4O2/c1-22-6-4-9-27(15-22)29-21-36(30(33(38)39)17-25-7-5-8-25)20-28(29)19-35-12-10-26(11-13-35)31-18-34-32-16-23(2)14-24(3)37(31)32/h4,6,9,14-16,18,25-26,28-30H,5,7-8,10-13,17,19-21H2,1-3H3,(H,38,39). The number of aryl methyl sites for hydroxylation is 3. The summed E-state index contributed by atoms with van der Waals surface area (Å²) in [5.41, 5.74) is 7.61. The maximum absolute atomic E-state index is 12.4. The first kappa shape index (κ1) is 26.5. The van der Waals surface area contributed by atoms with Gasteiger partial charge >= 0.3 is 5.97 Å². The fourth-order valence-corrected chi connectivity index (χ4v) is 7.61. The molecule has 0 amide bonds. The topological polar surface area (TPSA) is 61.1 Å². The van der Waals surface area contributed by atoms with Crippen LogP contribution in [0.5, 0.6) is 0 Å². The van der Waals surface area contributed by atoms with Gasteiger partial charge in [-0.2, -0.15) is 0 Å². The van der Waals surface area contributed by atoms with Gasteiger partial charge in [0, 0.05) is 49.1 Å². The van der Waals surface area contributed by atoms with E-state index in [1.807, 2.05) is 0 Å². The lowest BCUT2D eigenvalue weighted by Gasteiger charge is -2.35. The molecule has 1 aromatic carbocycles. The summed E-state index contributed by atoms with van der Waals surface area (Å²) in [6, 6.07) is 13.0. The van der Waals surface area contributed by atoms with Crippen molar-refractivity contribution < 1.29 is 9.90 Å². The molecule has 1 N–H and O–H groups in total. The van der Waals surface area contributed by atoms with Gasteiger partial charge in [0.05, 0.1) is 0 Å². The van der Waals surface area contributed by atoms with Gasteiger partial charge in [-0.3, -0.25) is 9.69 Å². The minimum atomic E-state index is -0.634. The van der Waals surface area contributed by atoms with Crippen LogP contribution in [-0.2, 0) is 4.79 Å². The Kier molecular flexibility index (Phi) is 7.52. The lowest BCUT2D eigenvalue weighted by molar-refractivity contribution is -0.144. The summed E-state index contributed by atoms with van der Waals surface area (Å²) in [6.45, 7) is 11.4. The maximum atomic E-state index is 12.4. The van der Waals surface area contributed by atoms with Gasteiger partial charge < -0.3 is 14.4 Å². The van der Waals surface area contributed by atoms with E-state index in [0.29, 0.717) is 23.7 Å². The molecule has 0 radical (unpaired) electrons. The number of likely N-dealkylation sites (tertiary alicyclic amines) is 2. The van der Waals surface area contributed by atoms with Crippen LogP contribution in [0.1, 0.15) is 78.4 Å². The number of carbonyl (C=O) groups is 1. The Hall–Kier alpha value is -2.70. The van der Waals surface area contributed by atoms with Crippen molar-refractivity contribution in [1.82, 2.24) is 19.2 Å². The van der Waals surface area contributed by atoms with Crippen molar-refractivity contribution in [2.45, 2.75) is 77.2 Å². The first-order chi connectivity index (χ1) is 18.9. The predicted molar refractivity (Wildman–Crippen MR) is 155 cm³/mol. The molecular formula is C33H44N4O2. The molecule has 2 aliphatic heterocycles. The number of pyridine rings is 1. The van der Waals surface area contributed by atoms with Crippen LogP contribution in [0, 0.1) is 32.6 Å². The van der Waals surface area contributed by atoms with Gasteiger partial charge in [0.25, 0.3) is 0 Å². The summed E-state index contributed by atoms with van der Waals surface area (Å²) in [6.07, 6.45) is 8.85. The molecule has 6 rings (SSSR count). The van der Waals surface area contributed by atoms with E-state index in [1.165, 1.54) is 47.3 Å². The Labute approximate surface area is 233 Å². The van der Waals surface area contributed by atoms with Crippen LogP contribution in [0.2, 0.25) is 0 Å². The van der Waals surface area contributed by atoms with Crippen molar-refractivity contribution >= 4 is 11.6 Å². The molecule has 6 heteroatoms. The molecule has 1 saturated carbocycles. The molecule has 6 nitrogen and oxygen atoms in total. The molecule has 0 bridgehead atoms. The van der Waals surface area contributed by atoms with Crippen LogP contribution in [0.25, 0.3) is 5.65 Å². The van der Waals surface area contributed by atoms with E-state index in [-0.39, 0.29) is 6.04 Å². The number of imidazole rings is 1. The average Bonchev–Trinajstić information content (AvgIpc) is 3.48. The van der Waals surface area contributed by atoms with E-state index in [1.54, 1.807) is 0 Å². The number of aliphatic carboxylic acids is 1. The number of fused-ring (bicyclic) bond motifs is 1. The summed E-state index contributed by atoms with van der Waals surface area (Å²) >= 11 is 0. The number of rotatable bonds is 8.